The summed E-state index contributed by atoms with van der Waals surface area (Å²) >= 11 is 0. The van der Waals surface area contributed by atoms with Gasteiger partial charge in [0, 0.05) is 23.6 Å². The number of hydrogen-bond donors (Lipinski definition) is 3. The Morgan fingerprint density at radius 3 is 2.77 bits per heavy atom. The molecular formula is C22H26N2O6. The smallest absolute Gasteiger partial charge is 0.336 e. The lowest BCUT2D eigenvalue weighted by atomic mass is 9.95. The number of amides is 2. The van der Waals surface area contributed by atoms with Crippen molar-refractivity contribution < 1.29 is 23.8 Å². The van der Waals surface area contributed by atoms with Crippen molar-refractivity contribution in [3.63, 3.8) is 0 Å². The minimum absolute atomic E-state index is 0.119. The minimum atomic E-state index is -1.02. The molecule has 160 valence electrons. The lowest BCUT2D eigenvalue weighted by Gasteiger charge is -2.25. The lowest BCUT2D eigenvalue weighted by Crippen LogP contribution is -2.52. The number of nitrogens with one attached hydrogen (secondary N) is 2. The van der Waals surface area contributed by atoms with Crippen molar-refractivity contribution in [1.29, 1.82) is 0 Å². The Labute approximate surface area is 173 Å². The zero-order valence-corrected chi connectivity index (χ0v) is 16.8. The summed E-state index contributed by atoms with van der Waals surface area (Å²) in [6.07, 6.45) is 4.35. The Morgan fingerprint density at radius 2 is 2.10 bits per heavy atom. The summed E-state index contributed by atoms with van der Waals surface area (Å²) in [5, 5.41) is 15.8. The van der Waals surface area contributed by atoms with Crippen LogP contribution >= 0.6 is 0 Å². The first-order valence-corrected chi connectivity index (χ1v) is 10.3. The third-order valence-electron chi connectivity index (χ3n) is 6.29. The highest BCUT2D eigenvalue weighted by Gasteiger charge is 2.40. The van der Waals surface area contributed by atoms with Gasteiger partial charge in [0.1, 0.15) is 17.4 Å². The fourth-order valence-electron chi connectivity index (χ4n) is 4.80. The number of carbonyl (C=O) groups excluding carboxylic acids is 2. The maximum atomic E-state index is 12.6. The second-order valence-corrected chi connectivity index (χ2v) is 8.22. The molecule has 3 N–H and O–H groups in total. The zero-order valence-electron chi connectivity index (χ0n) is 16.8. The van der Waals surface area contributed by atoms with Crippen LogP contribution in [0, 0.1) is 11.8 Å². The van der Waals surface area contributed by atoms with Gasteiger partial charge in [-0.15, -0.1) is 0 Å². The number of ether oxygens (including phenoxy) is 1. The monoisotopic (exact) mass is 414 g/mol. The highest BCUT2D eigenvalue weighted by atomic mass is 16.5. The Bertz CT molecular complexity index is 1020. The van der Waals surface area contributed by atoms with E-state index in [4.69, 9.17) is 9.15 Å². The third-order valence-corrected chi connectivity index (χ3v) is 6.29. The van der Waals surface area contributed by atoms with Gasteiger partial charge in [-0.05, 0) is 48.8 Å². The number of carbonyl (C=O) groups is 2. The van der Waals surface area contributed by atoms with Crippen LogP contribution in [0.25, 0.3) is 11.0 Å². The molecule has 2 fully saturated rings. The van der Waals surface area contributed by atoms with E-state index in [-0.39, 0.29) is 18.4 Å². The number of aliphatic hydroxyl groups is 1. The van der Waals surface area contributed by atoms with Gasteiger partial charge in [0.15, 0.2) is 0 Å². The van der Waals surface area contributed by atoms with E-state index in [1.54, 1.807) is 18.2 Å². The van der Waals surface area contributed by atoms with Crippen LogP contribution < -0.4 is 21.0 Å². The molecule has 0 saturated heterocycles. The summed E-state index contributed by atoms with van der Waals surface area (Å²) in [5.74, 6) is 0.885. The molecule has 0 aliphatic heterocycles. The van der Waals surface area contributed by atoms with E-state index in [0.29, 0.717) is 34.1 Å². The fourth-order valence-corrected chi connectivity index (χ4v) is 4.80. The maximum absolute atomic E-state index is 12.6. The molecular weight excluding hydrogens is 388 g/mol. The van der Waals surface area contributed by atoms with Gasteiger partial charge < -0.3 is 24.9 Å². The van der Waals surface area contributed by atoms with E-state index < -0.39 is 24.2 Å². The van der Waals surface area contributed by atoms with Gasteiger partial charge in [-0.2, -0.15) is 0 Å². The summed E-state index contributed by atoms with van der Waals surface area (Å²) in [4.78, 5) is 37.0. The number of fused-ring (bicyclic) bond motifs is 3. The normalized spacial score (nSPS) is 23.3. The molecule has 2 amide bonds. The molecule has 8 nitrogen and oxygen atoms in total. The van der Waals surface area contributed by atoms with Crippen molar-refractivity contribution in [2.24, 2.45) is 11.8 Å². The number of methoxy groups -OCH3 is 1. The van der Waals surface area contributed by atoms with Crippen molar-refractivity contribution in [3.8, 4) is 5.75 Å². The summed E-state index contributed by atoms with van der Waals surface area (Å²) in [5.41, 5.74) is 0.218. The number of hydrogen-bond acceptors (Lipinski definition) is 6. The van der Waals surface area contributed by atoms with Crippen LogP contribution in [0.5, 0.6) is 5.75 Å². The Morgan fingerprint density at radius 1 is 1.27 bits per heavy atom. The summed E-state index contributed by atoms with van der Waals surface area (Å²) in [6, 6.07) is 5.37. The average Bonchev–Trinajstić information content (AvgIpc) is 3.34. The molecule has 2 aliphatic rings. The average molecular weight is 414 g/mol. The second kappa shape index (κ2) is 8.47. The molecule has 2 aromatic rings. The first kappa shape index (κ1) is 20.4. The van der Waals surface area contributed by atoms with Crippen molar-refractivity contribution in [2.45, 2.75) is 44.2 Å². The molecule has 1 heterocycles. The van der Waals surface area contributed by atoms with E-state index >= 15 is 0 Å². The van der Waals surface area contributed by atoms with Crippen molar-refractivity contribution in [1.82, 2.24) is 10.6 Å². The summed E-state index contributed by atoms with van der Waals surface area (Å²) in [6.45, 7) is -0.493. The van der Waals surface area contributed by atoms with E-state index in [1.165, 1.54) is 19.6 Å². The van der Waals surface area contributed by atoms with Crippen molar-refractivity contribution in [3.05, 3.63) is 40.2 Å². The Balaban J connectivity index is 1.43. The van der Waals surface area contributed by atoms with Gasteiger partial charge in [-0.3, -0.25) is 9.59 Å². The zero-order chi connectivity index (χ0) is 21.3. The van der Waals surface area contributed by atoms with Gasteiger partial charge in [0.25, 0.3) is 0 Å². The van der Waals surface area contributed by atoms with Gasteiger partial charge in [-0.1, -0.05) is 6.42 Å². The third kappa shape index (κ3) is 4.18. The van der Waals surface area contributed by atoms with Crippen molar-refractivity contribution in [2.75, 3.05) is 13.7 Å². The molecule has 2 aliphatic carbocycles. The van der Waals surface area contributed by atoms with E-state index in [2.05, 4.69) is 10.6 Å². The highest BCUT2D eigenvalue weighted by Crippen LogP contribution is 2.44. The maximum Gasteiger partial charge on any atom is 0.336 e. The molecule has 2 bridgehead atoms. The minimum Gasteiger partial charge on any atom is -0.497 e. The van der Waals surface area contributed by atoms with Crippen LogP contribution in [0.3, 0.4) is 0 Å². The highest BCUT2D eigenvalue weighted by molar-refractivity contribution is 5.91. The lowest BCUT2D eigenvalue weighted by molar-refractivity contribution is -0.130. The van der Waals surface area contributed by atoms with E-state index in [0.717, 1.165) is 19.3 Å². The molecule has 0 radical (unpaired) electrons. The molecule has 8 heteroatoms. The predicted molar refractivity (Wildman–Crippen MR) is 109 cm³/mol. The molecule has 1 aromatic carbocycles. The fraction of sp³-hybridized carbons (Fsp3) is 0.500. The van der Waals surface area contributed by atoms with Crippen LogP contribution in [0.2, 0.25) is 0 Å². The van der Waals surface area contributed by atoms with Crippen LogP contribution in [0.1, 0.15) is 31.2 Å². The molecule has 4 atom stereocenters. The molecule has 2 saturated carbocycles. The summed E-state index contributed by atoms with van der Waals surface area (Å²) in [7, 11) is 1.51. The van der Waals surface area contributed by atoms with E-state index in [9.17, 15) is 19.5 Å². The number of rotatable bonds is 7. The van der Waals surface area contributed by atoms with Gasteiger partial charge in [-0.25, -0.2) is 4.79 Å². The molecule has 0 spiro atoms. The van der Waals surface area contributed by atoms with Gasteiger partial charge >= 0.3 is 5.63 Å². The SMILES string of the molecule is COc1ccc2c(CC(=O)N[C@@H](CO)C(=O)NC3CC4CCC3C4)cc(=O)oc2c1. The Hall–Kier alpha value is -2.87. The largest absolute Gasteiger partial charge is 0.497 e. The van der Waals surface area contributed by atoms with Gasteiger partial charge in [0.2, 0.25) is 11.8 Å². The van der Waals surface area contributed by atoms with Crippen LogP contribution in [-0.4, -0.2) is 42.7 Å². The summed E-state index contributed by atoms with van der Waals surface area (Å²) < 4.78 is 10.3. The van der Waals surface area contributed by atoms with E-state index in [1.807, 2.05) is 0 Å². The number of benzene rings is 1. The topological polar surface area (TPSA) is 118 Å². The Kier molecular flexibility index (Phi) is 5.76. The van der Waals surface area contributed by atoms with Crippen LogP contribution in [0.4, 0.5) is 0 Å². The standard InChI is InChI=1S/C22H26N2O6/c1-29-15-4-5-16-14(9-21(27)30-19(16)10-15)8-20(26)23-18(11-25)22(28)24-17-7-12-2-3-13(17)6-12/h4-5,9-10,12-13,17-18,25H,2-3,6-8,11H2,1H3,(H,23,26)(H,24,28)/t12?,13?,17?,18-/m0/s1. The first-order valence-electron chi connectivity index (χ1n) is 10.3. The van der Waals surface area contributed by atoms with Gasteiger partial charge in [0.05, 0.1) is 20.1 Å². The molecule has 3 unspecified atom stereocenters. The first-order chi connectivity index (χ1) is 14.5. The van der Waals surface area contributed by atoms with Crippen molar-refractivity contribution >= 4 is 22.8 Å². The molecule has 1 aromatic heterocycles. The second-order valence-electron chi connectivity index (χ2n) is 8.22. The van der Waals surface area contributed by atoms with Crippen LogP contribution in [0.15, 0.2) is 33.5 Å². The predicted octanol–water partition coefficient (Wildman–Crippen LogP) is 1.13. The van der Waals surface area contributed by atoms with Crippen LogP contribution in [-0.2, 0) is 16.0 Å². The molecule has 4 rings (SSSR count). The number of aliphatic hydroxyl groups excluding tert-OH is 1. The quantitative estimate of drug-likeness (QED) is 0.585. The molecule has 30 heavy (non-hydrogen) atoms.